The third kappa shape index (κ3) is 3.23. The number of imide groups is 1. The fourth-order valence-electron chi connectivity index (χ4n) is 2.20. The van der Waals surface area contributed by atoms with E-state index in [1.165, 1.54) is 0 Å². The molecule has 1 saturated heterocycles. The second-order valence-corrected chi connectivity index (χ2v) is 4.87. The monoisotopic (exact) mass is 279 g/mol. The predicted molar refractivity (Wildman–Crippen MR) is 68.6 cm³/mol. The van der Waals surface area contributed by atoms with E-state index in [2.05, 4.69) is 15.8 Å². The minimum atomic E-state index is -0.620. The lowest BCUT2D eigenvalue weighted by molar-refractivity contribution is -0.137. The highest BCUT2D eigenvalue weighted by molar-refractivity contribution is 6.01. The summed E-state index contributed by atoms with van der Waals surface area (Å²) in [5, 5.41) is 8.66. The van der Waals surface area contributed by atoms with Gasteiger partial charge < -0.3 is 9.84 Å². The van der Waals surface area contributed by atoms with Gasteiger partial charge >= 0.3 is 0 Å². The molecule has 7 nitrogen and oxygen atoms in total. The van der Waals surface area contributed by atoms with Crippen LogP contribution in [0.5, 0.6) is 0 Å². The molecule has 7 heteroatoms. The van der Waals surface area contributed by atoms with Crippen molar-refractivity contribution in [2.75, 3.05) is 0 Å². The van der Waals surface area contributed by atoms with Gasteiger partial charge in [-0.25, -0.2) is 0 Å². The Hall–Kier alpha value is -2.18. The van der Waals surface area contributed by atoms with Crippen molar-refractivity contribution in [1.82, 2.24) is 15.8 Å². The number of rotatable bonds is 4. The van der Waals surface area contributed by atoms with Crippen LogP contribution < -0.4 is 10.6 Å². The maximum atomic E-state index is 11.8. The van der Waals surface area contributed by atoms with Crippen LogP contribution in [0.15, 0.2) is 4.52 Å². The summed E-state index contributed by atoms with van der Waals surface area (Å²) in [5.74, 6) is -0.251. The summed E-state index contributed by atoms with van der Waals surface area (Å²) in [4.78, 5) is 34.3. The second-order valence-electron chi connectivity index (χ2n) is 4.87. The normalized spacial score (nSPS) is 18.8. The van der Waals surface area contributed by atoms with E-state index in [-0.39, 0.29) is 24.7 Å². The first-order valence-electron chi connectivity index (χ1n) is 6.52. The van der Waals surface area contributed by atoms with Gasteiger partial charge in [0, 0.05) is 18.4 Å². The molecule has 20 heavy (non-hydrogen) atoms. The molecule has 1 fully saturated rings. The van der Waals surface area contributed by atoms with Gasteiger partial charge in [0.05, 0.1) is 5.69 Å². The number of nitrogens with zero attached hydrogens (tertiary/aromatic N) is 1. The Morgan fingerprint density at radius 2 is 2.20 bits per heavy atom. The molecule has 0 aromatic carbocycles. The molecule has 0 saturated carbocycles. The number of nitrogens with one attached hydrogen (secondary N) is 2. The molecule has 0 bridgehead atoms. The first-order chi connectivity index (χ1) is 9.47. The Bertz CT molecular complexity index is 530. The number of carbonyl (C=O) groups is 3. The van der Waals surface area contributed by atoms with Crippen molar-refractivity contribution in [1.29, 1.82) is 0 Å². The lowest BCUT2D eigenvalue weighted by atomic mass is 10.0. The van der Waals surface area contributed by atoms with Gasteiger partial charge in [0.25, 0.3) is 0 Å². The van der Waals surface area contributed by atoms with Crippen LogP contribution in [0.1, 0.15) is 36.3 Å². The van der Waals surface area contributed by atoms with E-state index in [1.807, 2.05) is 6.92 Å². The molecular weight excluding hydrogens is 262 g/mol. The molecule has 1 atom stereocenters. The zero-order chi connectivity index (χ0) is 14.7. The van der Waals surface area contributed by atoms with E-state index in [0.717, 1.165) is 11.3 Å². The standard InChI is InChI=1S/C13H17N3O4/c1-7-9(8(2)20-16-7)3-5-11(17)14-10-4-6-12(18)15-13(10)19/h10H,3-6H2,1-2H3,(H,14,17)(H,15,18,19). The van der Waals surface area contributed by atoms with Crippen LogP contribution in [0.2, 0.25) is 0 Å². The minimum Gasteiger partial charge on any atom is -0.361 e. The first kappa shape index (κ1) is 14.2. The number of hydrogen-bond donors (Lipinski definition) is 2. The zero-order valence-corrected chi connectivity index (χ0v) is 11.5. The summed E-state index contributed by atoms with van der Waals surface area (Å²) in [6.45, 7) is 3.62. The highest BCUT2D eigenvalue weighted by Crippen LogP contribution is 2.14. The van der Waals surface area contributed by atoms with E-state index in [9.17, 15) is 14.4 Å². The van der Waals surface area contributed by atoms with Gasteiger partial charge in [0.15, 0.2) is 0 Å². The van der Waals surface area contributed by atoms with E-state index < -0.39 is 11.9 Å². The Morgan fingerprint density at radius 3 is 2.80 bits per heavy atom. The minimum absolute atomic E-state index is 0.223. The van der Waals surface area contributed by atoms with Crippen LogP contribution >= 0.6 is 0 Å². The maximum absolute atomic E-state index is 11.8. The maximum Gasteiger partial charge on any atom is 0.249 e. The largest absolute Gasteiger partial charge is 0.361 e. The summed E-state index contributed by atoms with van der Waals surface area (Å²) in [6.07, 6.45) is 1.36. The van der Waals surface area contributed by atoms with Crippen LogP contribution in [0, 0.1) is 13.8 Å². The van der Waals surface area contributed by atoms with E-state index >= 15 is 0 Å². The summed E-state index contributed by atoms with van der Waals surface area (Å²) < 4.78 is 5.02. The smallest absolute Gasteiger partial charge is 0.249 e. The lowest BCUT2D eigenvalue weighted by Crippen LogP contribution is -2.52. The summed E-state index contributed by atoms with van der Waals surface area (Å²) >= 11 is 0. The number of carbonyl (C=O) groups excluding carboxylic acids is 3. The average molecular weight is 279 g/mol. The number of amides is 3. The van der Waals surface area contributed by atoms with Crippen molar-refractivity contribution < 1.29 is 18.9 Å². The van der Waals surface area contributed by atoms with Crippen molar-refractivity contribution in [3.8, 4) is 0 Å². The number of aromatic nitrogens is 1. The molecular formula is C13H17N3O4. The van der Waals surface area contributed by atoms with Crippen LogP contribution in [0.4, 0.5) is 0 Å². The van der Waals surface area contributed by atoms with Crippen molar-refractivity contribution >= 4 is 17.7 Å². The van der Waals surface area contributed by atoms with Gasteiger partial charge in [-0.3, -0.25) is 19.7 Å². The summed E-state index contributed by atoms with van der Waals surface area (Å²) in [5.41, 5.74) is 1.69. The van der Waals surface area contributed by atoms with Gasteiger partial charge in [-0.1, -0.05) is 5.16 Å². The molecule has 108 valence electrons. The molecule has 3 amide bonds. The Morgan fingerprint density at radius 1 is 1.45 bits per heavy atom. The van der Waals surface area contributed by atoms with Crippen molar-refractivity contribution in [2.45, 2.75) is 45.6 Å². The molecule has 2 rings (SSSR count). The molecule has 1 aromatic rings. The van der Waals surface area contributed by atoms with Gasteiger partial charge in [-0.05, 0) is 26.7 Å². The summed E-state index contributed by atoms with van der Waals surface area (Å²) in [7, 11) is 0. The molecule has 2 heterocycles. The third-order valence-electron chi connectivity index (χ3n) is 3.36. The van der Waals surface area contributed by atoms with Crippen LogP contribution in [-0.4, -0.2) is 28.9 Å². The Labute approximate surface area is 116 Å². The third-order valence-corrected chi connectivity index (χ3v) is 3.36. The summed E-state index contributed by atoms with van der Waals surface area (Å²) in [6, 6.07) is -0.620. The zero-order valence-electron chi connectivity index (χ0n) is 11.5. The van der Waals surface area contributed by atoms with Gasteiger partial charge in [-0.2, -0.15) is 0 Å². The molecule has 1 aromatic heterocycles. The molecule has 1 aliphatic heterocycles. The molecule has 0 radical (unpaired) electrons. The molecule has 1 unspecified atom stereocenters. The SMILES string of the molecule is Cc1noc(C)c1CCC(=O)NC1CCC(=O)NC1=O. The number of piperidine rings is 1. The van der Waals surface area contributed by atoms with Gasteiger partial charge in [0.1, 0.15) is 11.8 Å². The van der Waals surface area contributed by atoms with Crippen molar-refractivity contribution in [3.05, 3.63) is 17.0 Å². The molecule has 1 aliphatic rings. The molecule has 0 spiro atoms. The van der Waals surface area contributed by atoms with E-state index in [1.54, 1.807) is 6.92 Å². The average Bonchev–Trinajstić information content (AvgIpc) is 2.70. The Balaban J connectivity index is 1.84. The van der Waals surface area contributed by atoms with Gasteiger partial charge in [-0.15, -0.1) is 0 Å². The lowest BCUT2D eigenvalue weighted by Gasteiger charge is -2.21. The van der Waals surface area contributed by atoms with Crippen molar-refractivity contribution in [3.63, 3.8) is 0 Å². The van der Waals surface area contributed by atoms with Crippen molar-refractivity contribution in [2.24, 2.45) is 0 Å². The fraction of sp³-hybridized carbons (Fsp3) is 0.538. The highest BCUT2D eigenvalue weighted by Gasteiger charge is 2.27. The Kier molecular flexibility index (Phi) is 4.16. The van der Waals surface area contributed by atoms with Crippen LogP contribution in [0.3, 0.4) is 0 Å². The number of hydrogen-bond acceptors (Lipinski definition) is 5. The first-order valence-corrected chi connectivity index (χ1v) is 6.52. The van der Waals surface area contributed by atoms with Crippen LogP contribution in [-0.2, 0) is 20.8 Å². The quantitative estimate of drug-likeness (QED) is 0.764. The van der Waals surface area contributed by atoms with E-state index in [0.29, 0.717) is 18.6 Å². The van der Waals surface area contributed by atoms with Crippen LogP contribution in [0.25, 0.3) is 0 Å². The fourth-order valence-corrected chi connectivity index (χ4v) is 2.20. The highest BCUT2D eigenvalue weighted by atomic mass is 16.5. The molecule has 0 aliphatic carbocycles. The number of aryl methyl sites for hydroxylation is 2. The molecule has 2 N–H and O–H groups in total. The van der Waals surface area contributed by atoms with Gasteiger partial charge in [0.2, 0.25) is 17.7 Å². The second kappa shape index (κ2) is 5.85. The van der Waals surface area contributed by atoms with E-state index in [4.69, 9.17) is 4.52 Å². The predicted octanol–water partition coefficient (Wildman–Crippen LogP) is 0.145. The topological polar surface area (TPSA) is 101 Å².